The molecule has 0 saturated carbocycles. The standard InChI is InChI=1S/C29H40N4O5.2ClH/c1-5-6-15-33-27(35)25(26(34)20(2)3)31-28(36)29(33)13-16-32(17-14-29)19-21-7-12-24(30-18-21)38-23-10-8-22(37-4)9-11-23;;/h7-12,18,20,25-26,34H,5-6,13-17,19H2,1-4H3,(H,31,36);2*1H/t25-,26-;;/m1../s1. The maximum atomic E-state index is 13.5. The van der Waals surface area contributed by atoms with Crippen LogP contribution in [0.2, 0.25) is 0 Å². The summed E-state index contributed by atoms with van der Waals surface area (Å²) in [6.07, 6.45) is 3.78. The molecular formula is C29H42Cl2N4O5. The summed E-state index contributed by atoms with van der Waals surface area (Å²) >= 11 is 0. The van der Waals surface area contributed by atoms with E-state index in [0.29, 0.717) is 50.7 Å². The summed E-state index contributed by atoms with van der Waals surface area (Å²) in [7, 11) is 1.62. The van der Waals surface area contributed by atoms with Crippen molar-refractivity contribution in [2.75, 3.05) is 26.7 Å². The molecule has 2 saturated heterocycles. The minimum absolute atomic E-state index is 0. The quantitative estimate of drug-likeness (QED) is 0.423. The third-order valence-corrected chi connectivity index (χ3v) is 7.69. The van der Waals surface area contributed by atoms with E-state index < -0.39 is 17.7 Å². The van der Waals surface area contributed by atoms with Crippen molar-refractivity contribution in [1.82, 2.24) is 20.1 Å². The molecule has 0 unspecified atom stereocenters. The van der Waals surface area contributed by atoms with Crippen molar-refractivity contribution in [3.05, 3.63) is 48.2 Å². The monoisotopic (exact) mass is 596 g/mol. The number of nitrogens with zero attached hydrogens (tertiary/aromatic N) is 3. The second-order valence-electron chi connectivity index (χ2n) is 10.6. The summed E-state index contributed by atoms with van der Waals surface area (Å²) in [4.78, 5) is 35.4. The summed E-state index contributed by atoms with van der Waals surface area (Å²) in [6.45, 7) is 8.39. The number of methoxy groups -OCH3 is 1. The Morgan fingerprint density at radius 1 is 1.07 bits per heavy atom. The van der Waals surface area contributed by atoms with Crippen LogP contribution in [-0.4, -0.2) is 76.1 Å². The number of hydrogen-bond donors (Lipinski definition) is 2. The van der Waals surface area contributed by atoms with Gasteiger partial charge < -0.3 is 24.8 Å². The molecule has 1 aromatic carbocycles. The minimum atomic E-state index is -0.905. The van der Waals surface area contributed by atoms with Crippen molar-refractivity contribution in [1.29, 1.82) is 0 Å². The van der Waals surface area contributed by atoms with Gasteiger partial charge in [-0.25, -0.2) is 4.98 Å². The number of hydrogen-bond acceptors (Lipinski definition) is 7. The van der Waals surface area contributed by atoms with Crippen LogP contribution in [0.3, 0.4) is 0 Å². The van der Waals surface area contributed by atoms with Gasteiger partial charge in [0.25, 0.3) is 0 Å². The third-order valence-electron chi connectivity index (χ3n) is 7.69. The molecule has 2 N–H and O–H groups in total. The summed E-state index contributed by atoms with van der Waals surface area (Å²) in [5.74, 6) is 1.53. The average Bonchev–Trinajstić information content (AvgIpc) is 2.93. The number of piperazine rings is 1. The Hall–Kier alpha value is -2.59. The van der Waals surface area contributed by atoms with Crippen LogP contribution >= 0.6 is 24.8 Å². The highest BCUT2D eigenvalue weighted by Gasteiger charge is 2.54. The molecule has 2 aliphatic heterocycles. The molecule has 1 aromatic heterocycles. The lowest BCUT2D eigenvalue weighted by Crippen LogP contribution is -2.74. The van der Waals surface area contributed by atoms with Crippen LogP contribution in [0, 0.1) is 5.92 Å². The van der Waals surface area contributed by atoms with Crippen molar-refractivity contribution in [3.8, 4) is 17.4 Å². The Bertz CT molecular complexity index is 1090. The fourth-order valence-electron chi connectivity index (χ4n) is 5.26. The van der Waals surface area contributed by atoms with Gasteiger partial charge in [0.2, 0.25) is 17.7 Å². The van der Waals surface area contributed by atoms with Crippen molar-refractivity contribution >= 4 is 36.6 Å². The normalized spacial score (nSPS) is 19.4. The predicted molar refractivity (Wildman–Crippen MR) is 158 cm³/mol. The van der Waals surface area contributed by atoms with E-state index in [9.17, 15) is 14.7 Å². The molecule has 3 heterocycles. The molecule has 0 aliphatic carbocycles. The number of unbranched alkanes of at least 4 members (excludes halogenated alkanes) is 1. The highest BCUT2D eigenvalue weighted by atomic mass is 35.5. The lowest BCUT2D eigenvalue weighted by molar-refractivity contribution is -0.165. The van der Waals surface area contributed by atoms with E-state index in [2.05, 4.69) is 22.1 Å². The van der Waals surface area contributed by atoms with Gasteiger partial charge in [0, 0.05) is 38.4 Å². The van der Waals surface area contributed by atoms with Crippen LogP contribution in [0.25, 0.3) is 0 Å². The van der Waals surface area contributed by atoms with Gasteiger partial charge in [-0.2, -0.15) is 0 Å². The number of aliphatic hydroxyl groups is 1. The third kappa shape index (κ3) is 7.37. The Balaban J connectivity index is 0.00000280. The number of rotatable bonds is 10. The maximum absolute atomic E-state index is 13.5. The first-order chi connectivity index (χ1) is 18.3. The molecule has 2 aliphatic rings. The molecular weight excluding hydrogens is 555 g/mol. The van der Waals surface area contributed by atoms with E-state index in [1.165, 1.54) is 0 Å². The van der Waals surface area contributed by atoms with Crippen LogP contribution in [0.15, 0.2) is 42.6 Å². The maximum Gasteiger partial charge on any atom is 0.248 e. The van der Waals surface area contributed by atoms with E-state index in [4.69, 9.17) is 9.47 Å². The predicted octanol–water partition coefficient (Wildman–Crippen LogP) is 4.20. The number of carbonyl (C=O) groups is 2. The van der Waals surface area contributed by atoms with Gasteiger partial charge in [-0.1, -0.05) is 33.3 Å². The zero-order valence-electron chi connectivity index (χ0n) is 23.7. The van der Waals surface area contributed by atoms with Crippen molar-refractivity contribution in [2.45, 2.75) is 70.7 Å². The molecule has 2 atom stereocenters. The van der Waals surface area contributed by atoms with E-state index in [-0.39, 0.29) is 42.5 Å². The summed E-state index contributed by atoms with van der Waals surface area (Å²) in [5.41, 5.74) is 0.194. The van der Waals surface area contributed by atoms with Crippen LogP contribution in [-0.2, 0) is 16.1 Å². The van der Waals surface area contributed by atoms with Crippen LogP contribution in [0.5, 0.6) is 17.4 Å². The Morgan fingerprint density at radius 2 is 1.73 bits per heavy atom. The first-order valence-corrected chi connectivity index (χ1v) is 13.6. The number of likely N-dealkylation sites (tertiary alicyclic amines) is 1. The van der Waals surface area contributed by atoms with Crippen molar-refractivity contribution < 1.29 is 24.2 Å². The van der Waals surface area contributed by atoms with E-state index >= 15 is 0 Å². The highest BCUT2D eigenvalue weighted by Crippen LogP contribution is 2.35. The van der Waals surface area contributed by atoms with Gasteiger partial charge in [-0.3, -0.25) is 14.5 Å². The Kier molecular flexibility index (Phi) is 12.5. The van der Waals surface area contributed by atoms with Gasteiger partial charge >= 0.3 is 0 Å². The van der Waals surface area contributed by atoms with Gasteiger partial charge in [-0.15, -0.1) is 24.8 Å². The van der Waals surface area contributed by atoms with Gasteiger partial charge in [0.05, 0.1) is 13.2 Å². The molecule has 222 valence electrons. The number of aromatic nitrogens is 1. The number of piperidine rings is 1. The number of benzene rings is 1. The molecule has 40 heavy (non-hydrogen) atoms. The van der Waals surface area contributed by atoms with Gasteiger partial charge in [-0.05, 0) is 55.0 Å². The zero-order chi connectivity index (χ0) is 27.3. The first-order valence-electron chi connectivity index (χ1n) is 13.6. The molecule has 2 fully saturated rings. The van der Waals surface area contributed by atoms with Crippen LogP contribution < -0.4 is 14.8 Å². The van der Waals surface area contributed by atoms with Crippen LogP contribution in [0.1, 0.15) is 52.0 Å². The van der Waals surface area contributed by atoms with E-state index in [0.717, 1.165) is 24.2 Å². The lowest BCUT2D eigenvalue weighted by Gasteiger charge is -2.52. The Morgan fingerprint density at radius 3 is 2.27 bits per heavy atom. The lowest BCUT2D eigenvalue weighted by atomic mass is 9.80. The minimum Gasteiger partial charge on any atom is -0.497 e. The number of nitrogens with one attached hydrogen (secondary N) is 1. The second kappa shape index (κ2) is 14.9. The van der Waals surface area contributed by atoms with Gasteiger partial charge in [0.1, 0.15) is 23.1 Å². The number of carbonyl (C=O) groups excluding carboxylic acids is 2. The molecule has 9 nitrogen and oxygen atoms in total. The molecule has 0 bridgehead atoms. The van der Waals surface area contributed by atoms with Crippen LogP contribution in [0.4, 0.5) is 0 Å². The topological polar surface area (TPSA) is 104 Å². The average molecular weight is 598 g/mol. The fraction of sp³-hybridized carbons (Fsp3) is 0.552. The molecule has 11 heteroatoms. The SMILES string of the molecule is CCCCN1C(=O)[C@@H]([C@H](O)C(C)C)NC(=O)C12CCN(Cc1ccc(Oc3ccc(OC)cc3)nc1)CC2.Cl.Cl. The molecule has 1 spiro atoms. The zero-order valence-corrected chi connectivity index (χ0v) is 25.3. The van der Waals surface area contributed by atoms with E-state index in [1.807, 2.05) is 56.4 Å². The second-order valence-corrected chi connectivity index (χ2v) is 10.6. The molecule has 0 radical (unpaired) electrons. The first kappa shape index (κ1) is 33.6. The summed E-state index contributed by atoms with van der Waals surface area (Å²) in [5, 5.41) is 13.5. The summed E-state index contributed by atoms with van der Waals surface area (Å²) in [6, 6.07) is 10.3. The number of amides is 2. The summed E-state index contributed by atoms with van der Waals surface area (Å²) < 4.78 is 11.0. The number of aliphatic hydroxyl groups excluding tert-OH is 1. The largest absolute Gasteiger partial charge is 0.497 e. The van der Waals surface area contributed by atoms with E-state index in [1.54, 1.807) is 12.0 Å². The highest BCUT2D eigenvalue weighted by molar-refractivity contribution is 6.00. The molecule has 4 rings (SSSR count). The van der Waals surface area contributed by atoms with Crippen molar-refractivity contribution in [3.63, 3.8) is 0 Å². The molecule has 2 amide bonds. The van der Waals surface area contributed by atoms with Gasteiger partial charge in [0.15, 0.2) is 0 Å². The fourth-order valence-corrected chi connectivity index (χ4v) is 5.26. The van der Waals surface area contributed by atoms with Crippen molar-refractivity contribution in [2.24, 2.45) is 5.92 Å². The smallest absolute Gasteiger partial charge is 0.248 e. The molecule has 2 aromatic rings. The number of pyridine rings is 1. The Labute approximate surface area is 249 Å². The number of ether oxygens (including phenoxy) is 2. The number of halogens is 2.